The van der Waals surface area contributed by atoms with E-state index in [9.17, 15) is 9.59 Å². The Labute approximate surface area is 103 Å². The molecule has 0 fully saturated rings. The zero-order chi connectivity index (χ0) is 13.1. The molecular weight excluding hydrogens is 220 g/mol. The predicted octanol–water partition coefficient (Wildman–Crippen LogP) is 2.48. The van der Waals surface area contributed by atoms with Crippen LogP contribution in [0.2, 0.25) is 0 Å². The monoisotopic (exact) mass is 242 g/mol. The molecule has 0 heterocycles. The molecule has 1 atom stereocenters. The second kappa shape index (κ2) is 9.87. The quantitative estimate of drug-likeness (QED) is 0.373. The maximum absolute atomic E-state index is 11.5. The van der Waals surface area contributed by atoms with Gasteiger partial charge in [-0.3, -0.25) is 4.79 Å². The van der Waals surface area contributed by atoms with E-state index in [0.29, 0.717) is 13.0 Å². The van der Waals surface area contributed by atoms with Crippen molar-refractivity contribution < 1.29 is 19.1 Å². The van der Waals surface area contributed by atoms with Crippen LogP contribution in [0.15, 0.2) is 12.2 Å². The molecule has 0 aliphatic carbocycles. The minimum atomic E-state index is -0.420. The van der Waals surface area contributed by atoms with Gasteiger partial charge in [-0.05, 0) is 13.3 Å². The lowest BCUT2D eigenvalue weighted by molar-refractivity contribution is -0.143. The molecular formula is C13H22O4. The Morgan fingerprint density at radius 3 is 2.47 bits per heavy atom. The van der Waals surface area contributed by atoms with Crippen molar-refractivity contribution in [3.63, 3.8) is 0 Å². The average molecular weight is 242 g/mol. The second-order valence-corrected chi connectivity index (χ2v) is 3.74. The van der Waals surface area contributed by atoms with Crippen LogP contribution in [-0.2, 0) is 19.1 Å². The third-order valence-electron chi connectivity index (χ3n) is 2.37. The van der Waals surface area contributed by atoms with Gasteiger partial charge in [-0.1, -0.05) is 32.3 Å². The molecule has 17 heavy (non-hydrogen) atoms. The van der Waals surface area contributed by atoms with Gasteiger partial charge < -0.3 is 9.47 Å². The van der Waals surface area contributed by atoms with Crippen molar-refractivity contribution in [3.05, 3.63) is 12.2 Å². The van der Waals surface area contributed by atoms with Crippen molar-refractivity contribution in [2.24, 2.45) is 5.92 Å². The Bertz CT molecular complexity index is 258. The highest BCUT2D eigenvalue weighted by atomic mass is 16.5. The summed E-state index contributed by atoms with van der Waals surface area (Å²) in [5.74, 6) is -1.07. The van der Waals surface area contributed by atoms with Gasteiger partial charge in [-0.2, -0.15) is 0 Å². The largest absolute Gasteiger partial charge is 0.469 e. The number of hydrogen-bond donors (Lipinski definition) is 0. The van der Waals surface area contributed by atoms with Crippen molar-refractivity contribution >= 4 is 11.9 Å². The van der Waals surface area contributed by atoms with Crippen LogP contribution in [0.5, 0.6) is 0 Å². The molecule has 0 aromatic rings. The SMILES string of the molecule is CCCCCC(/C=C\C(=O)OCC)C(=O)OC. The summed E-state index contributed by atoms with van der Waals surface area (Å²) in [5, 5.41) is 0. The maximum atomic E-state index is 11.5. The van der Waals surface area contributed by atoms with E-state index in [1.165, 1.54) is 13.2 Å². The third kappa shape index (κ3) is 7.55. The minimum absolute atomic E-state index is 0.304. The summed E-state index contributed by atoms with van der Waals surface area (Å²) in [5.41, 5.74) is 0. The highest BCUT2D eigenvalue weighted by Gasteiger charge is 2.15. The molecule has 98 valence electrons. The lowest BCUT2D eigenvalue weighted by atomic mass is 10.0. The number of rotatable bonds is 8. The second-order valence-electron chi connectivity index (χ2n) is 3.74. The van der Waals surface area contributed by atoms with Crippen LogP contribution in [0.25, 0.3) is 0 Å². The standard InChI is InChI=1S/C13H22O4/c1-4-6-7-8-11(13(15)16-3)9-10-12(14)17-5-2/h9-11H,4-8H2,1-3H3/b10-9-. The van der Waals surface area contributed by atoms with Crippen LogP contribution in [0, 0.1) is 5.92 Å². The number of esters is 2. The van der Waals surface area contributed by atoms with E-state index in [2.05, 4.69) is 6.92 Å². The van der Waals surface area contributed by atoms with E-state index in [1.54, 1.807) is 13.0 Å². The maximum Gasteiger partial charge on any atom is 0.330 e. The number of methoxy groups -OCH3 is 1. The molecule has 0 aromatic heterocycles. The molecule has 0 radical (unpaired) electrons. The van der Waals surface area contributed by atoms with Gasteiger partial charge in [0.25, 0.3) is 0 Å². The van der Waals surface area contributed by atoms with Crippen LogP contribution in [0.4, 0.5) is 0 Å². The van der Waals surface area contributed by atoms with Gasteiger partial charge in [0.2, 0.25) is 0 Å². The molecule has 0 aliphatic heterocycles. The molecule has 0 aliphatic rings. The van der Waals surface area contributed by atoms with Crippen LogP contribution >= 0.6 is 0 Å². The van der Waals surface area contributed by atoms with E-state index in [1.807, 2.05) is 0 Å². The highest BCUT2D eigenvalue weighted by Crippen LogP contribution is 2.13. The van der Waals surface area contributed by atoms with Crippen molar-refractivity contribution in [1.29, 1.82) is 0 Å². The fourth-order valence-corrected chi connectivity index (χ4v) is 1.44. The molecule has 4 heteroatoms. The number of carbonyl (C=O) groups excluding carboxylic acids is 2. The lowest BCUT2D eigenvalue weighted by Crippen LogP contribution is -2.14. The van der Waals surface area contributed by atoms with E-state index >= 15 is 0 Å². The zero-order valence-corrected chi connectivity index (χ0v) is 10.9. The fraction of sp³-hybridized carbons (Fsp3) is 0.692. The topological polar surface area (TPSA) is 52.6 Å². The molecule has 1 unspecified atom stereocenters. The normalized spacial score (nSPS) is 12.4. The number of hydrogen-bond acceptors (Lipinski definition) is 4. The van der Waals surface area contributed by atoms with Crippen LogP contribution in [0.1, 0.15) is 39.5 Å². The molecule has 0 rings (SSSR count). The molecule has 0 saturated carbocycles. The zero-order valence-electron chi connectivity index (χ0n) is 10.9. The molecule has 0 amide bonds. The van der Waals surface area contributed by atoms with E-state index in [4.69, 9.17) is 9.47 Å². The van der Waals surface area contributed by atoms with Gasteiger partial charge in [-0.25, -0.2) is 4.79 Å². The van der Waals surface area contributed by atoms with E-state index in [-0.39, 0.29) is 11.9 Å². The Balaban J connectivity index is 4.27. The molecule has 0 saturated heterocycles. The summed E-state index contributed by atoms with van der Waals surface area (Å²) in [6, 6.07) is 0. The van der Waals surface area contributed by atoms with E-state index < -0.39 is 5.97 Å². The van der Waals surface area contributed by atoms with Gasteiger partial charge in [-0.15, -0.1) is 0 Å². The first kappa shape index (κ1) is 15.7. The summed E-state index contributed by atoms with van der Waals surface area (Å²) < 4.78 is 9.45. The molecule has 0 N–H and O–H groups in total. The minimum Gasteiger partial charge on any atom is -0.469 e. The van der Waals surface area contributed by atoms with Gasteiger partial charge in [0.05, 0.1) is 19.6 Å². The Kier molecular flexibility index (Phi) is 9.11. The summed E-state index contributed by atoms with van der Waals surface area (Å²) >= 11 is 0. The fourth-order valence-electron chi connectivity index (χ4n) is 1.44. The molecule has 0 spiro atoms. The summed E-state index contributed by atoms with van der Waals surface area (Å²) in [7, 11) is 1.35. The van der Waals surface area contributed by atoms with Crippen molar-refractivity contribution in [3.8, 4) is 0 Å². The van der Waals surface area contributed by atoms with Crippen LogP contribution in [-0.4, -0.2) is 25.7 Å². The van der Waals surface area contributed by atoms with Gasteiger partial charge in [0.1, 0.15) is 0 Å². The van der Waals surface area contributed by atoms with Crippen molar-refractivity contribution in [1.82, 2.24) is 0 Å². The first-order chi connectivity index (χ1) is 8.15. The predicted molar refractivity (Wildman–Crippen MR) is 65.4 cm³/mol. The molecule has 0 bridgehead atoms. The molecule has 0 aromatic carbocycles. The third-order valence-corrected chi connectivity index (χ3v) is 2.37. The summed E-state index contributed by atoms with van der Waals surface area (Å²) in [6.45, 7) is 4.17. The van der Waals surface area contributed by atoms with Crippen molar-refractivity contribution in [2.45, 2.75) is 39.5 Å². The van der Waals surface area contributed by atoms with Crippen molar-refractivity contribution in [2.75, 3.05) is 13.7 Å². The Morgan fingerprint density at radius 2 is 1.94 bits per heavy atom. The number of ether oxygens (including phenoxy) is 2. The van der Waals surface area contributed by atoms with Crippen LogP contribution < -0.4 is 0 Å². The number of carbonyl (C=O) groups is 2. The van der Waals surface area contributed by atoms with Gasteiger partial charge in [0, 0.05) is 6.08 Å². The number of unbranched alkanes of at least 4 members (excludes halogenated alkanes) is 2. The Hall–Kier alpha value is -1.32. The van der Waals surface area contributed by atoms with Crippen LogP contribution in [0.3, 0.4) is 0 Å². The smallest absolute Gasteiger partial charge is 0.330 e. The molecule has 4 nitrogen and oxygen atoms in total. The van der Waals surface area contributed by atoms with Gasteiger partial charge in [0.15, 0.2) is 0 Å². The highest BCUT2D eigenvalue weighted by molar-refractivity contribution is 5.83. The first-order valence-electron chi connectivity index (χ1n) is 6.08. The Morgan fingerprint density at radius 1 is 1.24 bits per heavy atom. The van der Waals surface area contributed by atoms with Gasteiger partial charge >= 0.3 is 11.9 Å². The van der Waals surface area contributed by atoms with E-state index in [0.717, 1.165) is 19.3 Å². The summed E-state index contributed by atoms with van der Waals surface area (Å²) in [4.78, 5) is 22.6. The summed E-state index contributed by atoms with van der Waals surface area (Å²) in [6.07, 6.45) is 6.69. The lowest BCUT2D eigenvalue weighted by Gasteiger charge is -2.09. The average Bonchev–Trinajstić information content (AvgIpc) is 2.33. The first-order valence-corrected chi connectivity index (χ1v) is 6.08.